The van der Waals surface area contributed by atoms with Crippen LogP contribution in [0.5, 0.6) is 0 Å². The molecule has 0 bridgehead atoms. The Labute approximate surface area is 170 Å². The topological polar surface area (TPSA) is 101 Å². The van der Waals surface area contributed by atoms with Crippen LogP contribution >= 0.6 is 0 Å². The van der Waals surface area contributed by atoms with Crippen LogP contribution in [0.25, 0.3) is 0 Å². The highest BCUT2D eigenvalue weighted by Crippen LogP contribution is 2.65. The summed E-state index contributed by atoms with van der Waals surface area (Å²) in [4.78, 5) is 35.8. The third-order valence-electron chi connectivity index (χ3n) is 8.01. The van der Waals surface area contributed by atoms with Gasteiger partial charge in [0.1, 0.15) is 6.10 Å². The number of fused-ring (bicyclic) bond motifs is 5. The van der Waals surface area contributed by atoms with Crippen LogP contribution in [0.3, 0.4) is 0 Å². The third-order valence-corrected chi connectivity index (χ3v) is 8.01. The van der Waals surface area contributed by atoms with E-state index in [0.717, 1.165) is 30.4 Å². The van der Waals surface area contributed by atoms with Crippen LogP contribution in [0.15, 0.2) is 35.5 Å². The van der Waals surface area contributed by atoms with Gasteiger partial charge < -0.3 is 14.9 Å². The van der Waals surface area contributed by atoms with Crippen molar-refractivity contribution in [2.75, 3.05) is 6.61 Å². The first kappa shape index (κ1) is 20.2. The van der Waals surface area contributed by atoms with Crippen molar-refractivity contribution in [3.63, 3.8) is 0 Å². The molecule has 0 aromatic carbocycles. The predicted molar refractivity (Wildman–Crippen MR) is 105 cm³/mol. The Morgan fingerprint density at radius 1 is 1.28 bits per heavy atom. The summed E-state index contributed by atoms with van der Waals surface area (Å²) >= 11 is 0. The zero-order valence-electron chi connectivity index (χ0n) is 17.1. The number of rotatable bonds is 3. The summed E-state index contributed by atoms with van der Waals surface area (Å²) in [7, 11) is 0. The fraction of sp³-hybridized carbons (Fsp3) is 0.609. The first-order chi connectivity index (χ1) is 13.5. The van der Waals surface area contributed by atoms with Gasteiger partial charge in [-0.15, -0.1) is 0 Å². The summed E-state index contributed by atoms with van der Waals surface area (Å²) in [6, 6.07) is 0. The highest BCUT2D eigenvalue weighted by molar-refractivity contribution is 6.01. The largest absolute Gasteiger partial charge is 0.458 e. The third kappa shape index (κ3) is 2.65. The summed E-state index contributed by atoms with van der Waals surface area (Å²) in [5.41, 5.74) is -1.07. The molecule has 0 aromatic rings. The van der Waals surface area contributed by atoms with Crippen molar-refractivity contribution in [1.29, 1.82) is 0 Å². The second-order valence-electron chi connectivity index (χ2n) is 9.35. The lowest BCUT2D eigenvalue weighted by atomic mass is 9.48. The average molecular weight is 400 g/mol. The van der Waals surface area contributed by atoms with E-state index < -0.39 is 35.5 Å². The van der Waals surface area contributed by atoms with E-state index >= 15 is 0 Å². The number of carbonyl (C=O) groups excluding carboxylic acids is 3. The Morgan fingerprint density at radius 3 is 2.69 bits per heavy atom. The summed E-state index contributed by atoms with van der Waals surface area (Å²) in [5.74, 6) is -0.895. The molecule has 0 aromatic heterocycles. The predicted octanol–water partition coefficient (Wildman–Crippen LogP) is 2.05. The summed E-state index contributed by atoms with van der Waals surface area (Å²) in [6.07, 6.45) is 8.60. The molecule has 0 spiro atoms. The van der Waals surface area contributed by atoms with E-state index in [-0.39, 0.29) is 23.0 Å². The van der Waals surface area contributed by atoms with E-state index in [1.54, 1.807) is 18.2 Å². The highest BCUT2D eigenvalue weighted by Gasteiger charge is 2.66. The Morgan fingerprint density at radius 2 is 2.00 bits per heavy atom. The van der Waals surface area contributed by atoms with Gasteiger partial charge in [-0.3, -0.25) is 14.4 Å². The molecule has 6 heteroatoms. The highest BCUT2D eigenvalue weighted by atomic mass is 16.5. The zero-order chi connectivity index (χ0) is 21.2. The monoisotopic (exact) mass is 400 g/mol. The number of allylic oxidation sites excluding steroid dienone is 4. The first-order valence-corrected chi connectivity index (χ1v) is 10.3. The maximum absolute atomic E-state index is 12.9. The van der Waals surface area contributed by atoms with Crippen LogP contribution in [-0.4, -0.2) is 46.1 Å². The number of aliphatic hydroxyl groups excluding tert-OH is 1. The van der Waals surface area contributed by atoms with Crippen molar-refractivity contribution in [2.24, 2.45) is 22.7 Å². The summed E-state index contributed by atoms with van der Waals surface area (Å²) < 4.78 is 4.83. The van der Waals surface area contributed by atoms with Crippen LogP contribution in [-0.2, 0) is 19.1 Å². The van der Waals surface area contributed by atoms with Crippen LogP contribution in [0.4, 0.5) is 0 Å². The number of ketones is 2. The van der Waals surface area contributed by atoms with Gasteiger partial charge in [-0.1, -0.05) is 37.1 Å². The lowest BCUT2D eigenvalue weighted by Crippen LogP contribution is -2.60. The normalized spacial score (nSPS) is 42.9. The molecule has 4 unspecified atom stereocenters. The minimum absolute atomic E-state index is 0.0255. The number of hydrogen-bond acceptors (Lipinski definition) is 6. The van der Waals surface area contributed by atoms with Crippen molar-refractivity contribution >= 4 is 17.5 Å². The number of Topliss-reactive ketones (excluding diaryl/α,β-unsaturated/α-hetero) is 1. The molecule has 4 rings (SSSR count). The molecule has 4 aliphatic carbocycles. The Balaban J connectivity index is 1.68. The van der Waals surface area contributed by atoms with E-state index in [4.69, 9.17) is 4.74 Å². The van der Waals surface area contributed by atoms with Gasteiger partial charge in [-0.25, -0.2) is 0 Å². The Bertz CT molecular complexity index is 882. The zero-order valence-corrected chi connectivity index (χ0v) is 17.1. The fourth-order valence-electron chi connectivity index (χ4n) is 6.33. The maximum Gasteiger partial charge on any atom is 0.303 e. The molecule has 6 nitrogen and oxygen atoms in total. The second kappa shape index (κ2) is 6.47. The van der Waals surface area contributed by atoms with Gasteiger partial charge in [0, 0.05) is 17.8 Å². The molecule has 0 amide bonds. The van der Waals surface area contributed by atoms with Crippen LogP contribution in [0, 0.1) is 22.7 Å². The first-order valence-electron chi connectivity index (χ1n) is 10.3. The smallest absolute Gasteiger partial charge is 0.303 e. The van der Waals surface area contributed by atoms with E-state index in [1.807, 2.05) is 13.0 Å². The molecule has 156 valence electrons. The lowest BCUT2D eigenvalue weighted by molar-refractivity contribution is -0.172. The maximum atomic E-state index is 12.9. The van der Waals surface area contributed by atoms with Gasteiger partial charge in [0.25, 0.3) is 0 Å². The molecule has 2 fully saturated rings. The minimum Gasteiger partial charge on any atom is -0.458 e. The molecule has 29 heavy (non-hydrogen) atoms. The lowest BCUT2D eigenvalue weighted by Gasteiger charge is -2.56. The van der Waals surface area contributed by atoms with Gasteiger partial charge in [0.05, 0.1) is 0 Å². The van der Waals surface area contributed by atoms with Crippen LogP contribution in [0.2, 0.25) is 0 Å². The van der Waals surface area contributed by atoms with Gasteiger partial charge in [-0.2, -0.15) is 0 Å². The number of carbonyl (C=O) groups is 3. The van der Waals surface area contributed by atoms with E-state index in [2.05, 4.69) is 6.92 Å². The van der Waals surface area contributed by atoms with Crippen molar-refractivity contribution < 1.29 is 29.3 Å². The average Bonchev–Trinajstić information content (AvgIpc) is 2.88. The molecular formula is C23H28O6. The quantitative estimate of drug-likeness (QED) is 0.555. The number of hydrogen-bond donors (Lipinski definition) is 2. The van der Waals surface area contributed by atoms with E-state index in [0.29, 0.717) is 6.42 Å². The second-order valence-corrected chi connectivity index (χ2v) is 9.35. The molecule has 0 saturated heterocycles. The van der Waals surface area contributed by atoms with E-state index in [9.17, 15) is 24.6 Å². The van der Waals surface area contributed by atoms with Crippen molar-refractivity contribution in [1.82, 2.24) is 0 Å². The van der Waals surface area contributed by atoms with Crippen molar-refractivity contribution in [3.05, 3.63) is 35.5 Å². The number of esters is 1. The van der Waals surface area contributed by atoms with Gasteiger partial charge >= 0.3 is 5.97 Å². The Kier molecular flexibility index (Phi) is 4.52. The molecule has 2 saturated carbocycles. The molecule has 0 aliphatic heterocycles. The van der Waals surface area contributed by atoms with Crippen molar-refractivity contribution in [2.45, 2.75) is 58.2 Å². The summed E-state index contributed by atoms with van der Waals surface area (Å²) in [5, 5.41) is 22.1. The van der Waals surface area contributed by atoms with E-state index in [1.165, 1.54) is 6.92 Å². The van der Waals surface area contributed by atoms with Gasteiger partial charge in [0.2, 0.25) is 5.78 Å². The Hall–Kier alpha value is -2.05. The molecule has 2 N–H and O–H groups in total. The minimum atomic E-state index is -2.00. The standard InChI is InChI=1S/C23H28O6/c1-13(24)29-12-20(27)23(28)19(26)11-18-16-5-4-14-10-15(25)6-8-21(14,2)17(16)7-9-22(18,23)3/h6,8,10-11,16-17,19,26,28H,4-5,7,9,12H2,1-3H3/t16?,17?,19-,21?,22?,23+/m1/s1. The molecule has 4 aliphatic rings. The molecule has 0 heterocycles. The van der Waals surface area contributed by atoms with Crippen LogP contribution in [0.1, 0.15) is 46.5 Å². The molecule has 6 atom stereocenters. The molecular weight excluding hydrogens is 372 g/mol. The van der Waals surface area contributed by atoms with Gasteiger partial charge in [-0.05, 0) is 49.7 Å². The fourth-order valence-corrected chi connectivity index (χ4v) is 6.33. The van der Waals surface area contributed by atoms with Crippen LogP contribution < -0.4 is 0 Å². The SMILES string of the molecule is CC(=O)OCC(=O)[C@@]1(O)[C@H](O)C=C2C3CCC4=CC(=O)C=CC4(C)C3CCC21C. The van der Waals surface area contributed by atoms with Gasteiger partial charge in [0.15, 0.2) is 18.0 Å². The number of ether oxygens (including phenoxy) is 1. The molecule has 0 radical (unpaired) electrons. The number of aliphatic hydroxyl groups is 2. The summed E-state index contributed by atoms with van der Waals surface area (Å²) in [6.45, 7) is 4.65. The van der Waals surface area contributed by atoms with Crippen molar-refractivity contribution in [3.8, 4) is 0 Å².